The molecule has 0 spiro atoms. The minimum atomic E-state index is -0.185. The maximum Gasteiger partial charge on any atom is 0.274 e. The molecule has 1 amide bonds. The standard InChI is InChI=1S/C17H21N3O/c1-4-20(5-2)14-10-11-16(18-12-14)17(21)19-15-9-7-6-8-13(15)3/h6-12H,4-5H2,1-3H3,(H,19,21). The Morgan fingerprint density at radius 1 is 1.14 bits per heavy atom. The maximum atomic E-state index is 12.2. The van der Waals surface area contributed by atoms with Crippen LogP contribution in [-0.4, -0.2) is 24.0 Å². The quantitative estimate of drug-likeness (QED) is 0.913. The molecule has 0 aliphatic carbocycles. The lowest BCUT2D eigenvalue weighted by Gasteiger charge is -2.20. The van der Waals surface area contributed by atoms with Crippen molar-refractivity contribution in [3.63, 3.8) is 0 Å². The van der Waals surface area contributed by atoms with Crippen molar-refractivity contribution in [3.05, 3.63) is 53.9 Å². The smallest absolute Gasteiger partial charge is 0.274 e. The van der Waals surface area contributed by atoms with Crippen LogP contribution >= 0.6 is 0 Å². The van der Waals surface area contributed by atoms with Gasteiger partial charge < -0.3 is 10.2 Å². The van der Waals surface area contributed by atoms with Crippen molar-refractivity contribution < 1.29 is 4.79 Å². The van der Waals surface area contributed by atoms with Crippen molar-refractivity contribution in [2.75, 3.05) is 23.3 Å². The van der Waals surface area contributed by atoms with Crippen molar-refractivity contribution in [2.24, 2.45) is 0 Å². The van der Waals surface area contributed by atoms with Crippen LogP contribution in [0.25, 0.3) is 0 Å². The largest absolute Gasteiger partial charge is 0.371 e. The molecule has 4 heteroatoms. The molecule has 0 radical (unpaired) electrons. The molecule has 1 aromatic carbocycles. The van der Waals surface area contributed by atoms with E-state index in [0.717, 1.165) is 30.0 Å². The fraction of sp³-hybridized carbons (Fsp3) is 0.294. The van der Waals surface area contributed by atoms with Gasteiger partial charge in [0.15, 0.2) is 0 Å². The van der Waals surface area contributed by atoms with Crippen LogP contribution in [0.5, 0.6) is 0 Å². The van der Waals surface area contributed by atoms with Gasteiger partial charge in [-0.3, -0.25) is 4.79 Å². The maximum absolute atomic E-state index is 12.2. The second-order valence-corrected chi connectivity index (χ2v) is 4.84. The van der Waals surface area contributed by atoms with Crippen molar-refractivity contribution in [1.82, 2.24) is 4.98 Å². The van der Waals surface area contributed by atoms with Crippen LogP contribution in [0.2, 0.25) is 0 Å². The van der Waals surface area contributed by atoms with Gasteiger partial charge in [-0.15, -0.1) is 0 Å². The number of hydrogen-bond donors (Lipinski definition) is 1. The predicted octanol–water partition coefficient (Wildman–Crippen LogP) is 3.49. The number of rotatable bonds is 5. The second kappa shape index (κ2) is 6.88. The minimum Gasteiger partial charge on any atom is -0.371 e. The summed E-state index contributed by atoms with van der Waals surface area (Å²) in [6.07, 6.45) is 1.75. The molecule has 1 N–H and O–H groups in total. The predicted molar refractivity (Wildman–Crippen MR) is 86.9 cm³/mol. The molecular formula is C17H21N3O. The Balaban J connectivity index is 2.12. The van der Waals surface area contributed by atoms with E-state index in [9.17, 15) is 4.79 Å². The number of benzene rings is 1. The van der Waals surface area contributed by atoms with E-state index < -0.39 is 0 Å². The molecule has 0 aliphatic heterocycles. The summed E-state index contributed by atoms with van der Waals surface area (Å²) >= 11 is 0. The number of aryl methyl sites for hydroxylation is 1. The number of nitrogens with one attached hydrogen (secondary N) is 1. The first-order valence-electron chi connectivity index (χ1n) is 7.23. The minimum absolute atomic E-state index is 0.185. The monoisotopic (exact) mass is 283 g/mol. The van der Waals surface area contributed by atoms with E-state index in [0.29, 0.717) is 5.69 Å². The summed E-state index contributed by atoms with van der Waals surface area (Å²) in [4.78, 5) is 18.7. The highest BCUT2D eigenvalue weighted by atomic mass is 16.1. The SMILES string of the molecule is CCN(CC)c1ccc(C(=O)Nc2ccccc2C)nc1. The van der Waals surface area contributed by atoms with Crippen molar-refractivity contribution in [1.29, 1.82) is 0 Å². The number of amides is 1. The molecule has 0 atom stereocenters. The zero-order valence-electron chi connectivity index (χ0n) is 12.8. The normalized spacial score (nSPS) is 10.2. The molecule has 110 valence electrons. The Kier molecular flexibility index (Phi) is 4.93. The summed E-state index contributed by atoms with van der Waals surface area (Å²) in [6.45, 7) is 8.01. The Labute approximate surface area is 125 Å². The van der Waals surface area contributed by atoms with Crippen molar-refractivity contribution >= 4 is 17.3 Å². The van der Waals surface area contributed by atoms with Gasteiger partial charge in [-0.05, 0) is 44.5 Å². The number of para-hydroxylation sites is 1. The molecule has 0 saturated heterocycles. The molecule has 1 heterocycles. The fourth-order valence-corrected chi connectivity index (χ4v) is 2.20. The number of nitrogens with zero attached hydrogens (tertiary/aromatic N) is 2. The van der Waals surface area contributed by atoms with Gasteiger partial charge in [0.1, 0.15) is 5.69 Å². The van der Waals surface area contributed by atoms with Gasteiger partial charge in [-0.1, -0.05) is 18.2 Å². The number of carbonyl (C=O) groups excluding carboxylic acids is 1. The molecule has 0 saturated carbocycles. The van der Waals surface area contributed by atoms with Gasteiger partial charge in [0.2, 0.25) is 0 Å². The van der Waals surface area contributed by atoms with Crippen molar-refractivity contribution in [3.8, 4) is 0 Å². The first-order valence-corrected chi connectivity index (χ1v) is 7.23. The first-order chi connectivity index (χ1) is 10.2. The zero-order chi connectivity index (χ0) is 15.2. The van der Waals surface area contributed by atoms with Gasteiger partial charge in [-0.25, -0.2) is 4.98 Å². The van der Waals surface area contributed by atoms with Gasteiger partial charge in [0.25, 0.3) is 5.91 Å². The average Bonchev–Trinajstić information content (AvgIpc) is 2.51. The number of anilines is 2. The summed E-state index contributed by atoms with van der Waals surface area (Å²) in [5, 5.41) is 2.89. The molecule has 0 unspecified atom stereocenters. The van der Waals surface area contributed by atoms with Crippen LogP contribution in [0.1, 0.15) is 29.9 Å². The van der Waals surface area contributed by atoms with Gasteiger partial charge in [-0.2, -0.15) is 0 Å². The lowest BCUT2D eigenvalue weighted by atomic mass is 10.2. The van der Waals surface area contributed by atoms with Gasteiger partial charge >= 0.3 is 0 Å². The third-order valence-electron chi connectivity index (χ3n) is 3.50. The Hall–Kier alpha value is -2.36. The summed E-state index contributed by atoms with van der Waals surface area (Å²) in [5.41, 5.74) is 3.31. The first kappa shape index (κ1) is 15.0. The van der Waals surface area contributed by atoms with E-state index in [1.165, 1.54) is 0 Å². The number of carbonyl (C=O) groups is 1. The number of pyridine rings is 1. The van der Waals surface area contributed by atoms with E-state index >= 15 is 0 Å². The fourth-order valence-electron chi connectivity index (χ4n) is 2.20. The summed E-state index contributed by atoms with van der Waals surface area (Å²) in [7, 11) is 0. The third kappa shape index (κ3) is 3.60. The molecule has 0 bridgehead atoms. The third-order valence-corrected chi connectivity index (χ3v) is 3.50. The highest BCUT2D eigenvalue weighted by molar-refractivity contribution is 6.03. The summed E-state index contributed by atoms with van der Waals surface area (Å²) in [6, 6.07) is 11.4. The summed E-state index contributed by atoms with van der Waals surface area (Å²) < 4.78 is 0. The van der Waals surface area contributed by atoms with Crippen LogP contribution in [0, 0.1) is 6.92 Å². The van der Waals surface area contributed by atoms with Crippen LogP contribution in [0.3, 0.4) is 0 Å². The topological polar surface area (TPSA) is 45.2 Å². The average molecular weight is 283 g/mol. The number of hydrogen-bond acceptors (Lipinski definition) is 3. The van der Waals surface area contributed by atoms with E-state index in [2.05, 4.69) is 29.0 Å². The van der Waals surface area contributed by atoms with Crippen LogP contribution in [-0.2, 0) is 0 Å². The van der Waals surface area contributed by atoms with E-state index in [4.69, 9.17) is 0 Å². The van der Waals surface area contributed by atoms with Crippen LogP contribution < -0.4 is 10.2 Å². The molecule has 0 fully saturated rings. The van der Waals surface area contributed by atoms with Crippen LogP contribution in [0.15, 0.2) is 42.6 Å². The molecular weight excluding hydrogens is 262 g/mol. The molecule has 4 nitrogen and oxygen atoms in total. The Morgan fingerprint density at radius 3 is 2.43 bits per heavy atom. The molecule has 2 rings (SSSR count). The lowest BCUT2D eigenvalue weighted by molar-refractivity contribution is 0.102. The zero-order valence-corrected chi connectivity index (χ0v) is 12.8. The van der Waals surface area contributed by atoms with E-state index in [1.54, 1.807) is 12.3 Å². The number of aromatic nitrogens is 1. The van der Waals surface area contributed by atoms with E-state index in [-0.39, 0.29) is 5.91 Å². The Bertz CT molecular complexity index is 604. The summed E-state index contributed by atoms with van der Waals surface area (Å²) in [5.74, 6) is -0.185. The van der Waals surface area contributed by atoms with E-state index in [1.807, 2.05) is 37.3 Å². The highest BCUT2D eigenvalue weighted by Crippen LogP contribution is 2.16. The van der Waals surface area contributed by atoms with Crippen LogP contribution in [0.4, 0.5) is 11.4 Å². The highest BCUT2D eigenvalue weighted by Gasteiger charge is 2.10. The molecule has 0 aliphatic rings. The lowest BCUT2D eigenvalue weighted by Crippen LogP contribution is -2.22. The van der Waals surface area contributed by atoms with Crippen molar-refractivity contribution in [2.45, 2.75) is 20.8 Å². The van der Waals surface area contributed by atoms with Gasteiger partial charge in [0, 0.05) is 18.8 Å². The second-order valence-electron chi connectivity index (χ2n) is 4.84. The molecule has 21 heavy (non-hydrogen) atoms. The van der Waals surface area contributed by atoms with Gasteiger partial charge in [0.05, 0.1) is 11.9 Å². The molecule has 2 aromatic rings. The Morgan fingerprint density at radius 2 is 1.86 bits per heavy atom. The molecule has 1 aromatic heterocycles.